The van der Waals surface area contributed by atoms with Gasteiger partial charge in [0, 0.05) is 13.1 Å². The maximum absolute atomic E-state index is 12.4. The minimum absolute atomic E-state index is 0.00623. The zero-order valence-corrected chi connectivity index (χ0v) is 13.4. The van der Waals surface area contributed by atoms with E-state index in [9.17, 15) is 9.59 Å². The van der Waals surface area contributed by atoms with E-state index < -0.39 is 0 Å². The number of carbonyl (C=O) groups is 2. The quantitative estimate of drug-likeness (QED) is 0.888. The lowest BCUT2D eigenvalue weighted by atomic mass is 9.99. The number of halogens is 2. The highest BCUT2D eigenvalue weighted by molar-refractivity contribution is 6.42. The molecular formula is C15H16Cl2N2O3. The van der Waals surface area contributed by atoms with Crippen LogP contribution in [0.15, 0.2) is 18.2 Å². The number of nitrogens with zero attached hydrogens (tertiary/aromatic N) is 1. The third-order valence-electron chi connectivity index (χ3n) is 4.02. The minimum Gasteiger partial charge on any atom is -0.366 e. The highest BCUT2D eigenvalue weighted by atomic mass is 35.5. The van der Waals surface area contributed by atoms with Gasteiger partial charge in [-0.3, -0.25) is 9.59 Å². The Kier molecular flexibility index (Phi) is 4.57. The molecule has 0 aliphatic carbocycles. The van der Waals surface area contributed by atoms with Crippen LogP contribution in [0.3, 0.4) is 0 Å². The third-order valence-corrected chi connectivity index (χ3v) is 4.76. The van der Waals surface area contributed by atoms with E-state index >= 15 is 0 Å². The van der Waals surface area contributed by atoms with Gasteiger partial charge in [-0.05, 0) is 24.1 Å². The predicted octanol–water partition coefficient (Wildman–Crippen LogP) is 1.65. The van der Waals surface area contributed by atoms with Crippen molar-refractivity contribution in [1.82, 2.24) is 10.2 Å². The van der Waals surface area contributed by atoms with Crippen LogP contribution in [0.1, 0.15) is 12.0 Å². The summed E-state index contributed by atoms with van der Waals surface area (Å²) in [5, 5.41) is 3.80. The molecule has 2 aliphatic rings. The number of fused-ring (bicyclic) bond motifs is 1. The first kappa shape index (κ1) is 15.6. The fraction of sp³-hybridized carbons (Fsp3) is 0.467. The number of hydrogen-bond donors (Lipinski definition) is 1. The molecule has 118 valence electrons. The van der Waals surface area contributed by atoms with Crippen LogP contribution in [0.25, 0.3) is 0 Å². The molecule has 1 aromatic carbocycles. The second kappa shape index (κ2) is 6.44. The number of nitrogens with one attached hydrogen (secondary N) is 1. The summed E-state index contributed by atoms with van der Waals surface area (Å²) in [4.78, 5) is 25.6. The number of morpholine rings is 1. The van der Waals surface area contributed by atoms with Gasteiger partial charge in [-0.15, -0.1) is 0 Å². The molecule has 0 radical (unpaired) electrons. The second-order valence-corrected chi connectivity index (χ2v) is 6.39. The Bertz CT molecular complexity index is 608. The Labute approximate surface area is 138 Å². The van der Waals surface area contributed by atoms with Crippen LogP contribution >= 0.6 is 23.2 Å². The average molecular weight is 343 g/mol. The van der Waals surface area contributed by atoms with E-state index in [0.717, 1.165) is 12.0 Å². The summed E-state index contributed by atoms with van der Waals surface area (Å²) in [7, 11) is 0. The first-order chi connectivity index (χ1) is 10.5. The maximum atomic E-state index is 12.4. The fourth-order valence-electron chi connectivity index (χ4n) is 2.86. The van der Waals surface area contributed by atoms with Gasteiger partial charge in [0.1, 0.15) is 6.61 Å². The van der Waals surface area contributed by atoms with Crippen LogP contribution in [0, 0.1) is 0 Å². The van der Waals surface area contributed by atoms with Gasteiger partial charge in [0.2, 0.25) is 11.8 Å². The molecule has 2 fully saturated rings. The van der Waals surface area contributed by atoms with E-state index in [2.05, 4.69) is 5.32 Å². The Hall–Kier alpha value is -1.30. The molecule has 2 unspecified atom stereocenters. The predicted molar refractivity (Wildman–Crippen MR) is 83.0 cm³/mol. The molecule has 1 aromatic rings. The van der Waals surface area contributed by atoms with E-state index in [1.807, 2.05) is 0 Å². The van der Waals surface area contributed by atoms with E-state index in [1.54, 1.807) is 23.1 Å². The van der Waals surface area contributed by atoms with Crippen molar-refractivity contribution in [1.29, 1.82) is 0 Å². The zero-order valence-electron chi connectivity index (χ0n) is 11.9. The van der Waals surface area contributed by atoms with Gasteiger partial charge < -0.3 is 15.0 Å². The van der Waals surface area contributed by atoms with Crippen LogP contribution in [-0.4, -0.2) is 48.6 Å². The molecule has 22 heavy (non-hydrogen) atoms. The molecule has 1 N–H and O–H groups in total. The average Bonchev–Trinajstić information content (AvgIpc) is 2.50. The van der Waals surface area contributed by atoms with Gasteiger partial charge in [0.25, 0.3) is 0 Å². The van der Waals surface area contributed by atoms with E-state index in [-0.39, 0.29) is 37.0 Å². The molecule has 2 heterocycles. The SMILES string of the molecule is O=C1COC2CCN(C(=O)Cc3ccc(Cl)c(Cl)c3)CC2N1. The van der Waals surface area contributed by atoms with Crippen molar-refractivity contribution in [3.05, 3.63) is 33.8 Å². The van der Waals surface area contributed by atoms with E-state index in [0.29, 0.717) is 23.1 Å². The zero-order chi connectivity index (χ0) is 15.7. The molecule has 2 saturated heterocycles. The lowest BCUT2D eigenvalue weighted by Crippen LogP contribution is -2.61. The van der Waals surface area contributed by atoms with Gasteiger partial charge in [0.05, 0.1) is 28.6 Å². The first-order valence-corrected chi connectivity index (χ1v) is 7.91. The molecule has 7 heteroatoms. The van der Waals surface area contributed by atoms with Crippen LogP contribution in [0.4, 0.5) is 0 Å². The Balaban J connectivity index is 1.62. The van der Waals surface area contributed by atoms with E-state index in [1.165, 1.54) is 0 Å². The van der Waals surface area contributed by atoms with Crippen molar-refractivity contribution in [2.75, 3.05) is 19.7 Å². The smallest absolute Gasteiger partial charge is 0.246 e. The Morgan fingerprint density at radius 1 is 1.36 bits per heavy atom. The molecule has 0 spiro atoms. The van der Waals surface area contributed by atoms with Crippen molar-refractivity contribution < 1.29 is 14.3 Å². The lowest BCUT2D eigenvalue weighted by Gasteiger charge is -2.41. The van der Waals surface area contributed by atoms with E-state index in [4.69, 9.17) is 27.9 Å². The van der Waals surface area contributed by atoms with Crippen molar-refractivity contribution in [2.24, 2.45) is 0 Å². The van der Waals surface area contributed by atoms with Gasteiger partial charge >= 0.3 is 0 Å². The monoisotopic (exact) mass is 342 g/mol. The van der Waals surface area contributed by atoms with Gasteiger partial charge in [-0.2, -0.15) is 0 Å². The largest absolute Gasteiger partial charge is 0.366 e. The van der Waals surface area contributed by atoms with Gasteiger partial charge in [0.15, 0.2) is 0 Å². The summed E-state index contributed by atoms with van der Waals surface area (Å²) in [6.45, 7) is 1.23. The molecule has 2 amide bonds. The number of likely N-dealkylation sites (tertiary alicyclic amines) is 1. The molecule has 2 atom stereocenters. The van der Waals surface area contributed by atoms with Crippen molar-refractivity contribution in [2.45, 2.75) is 25.0 Å². The maximum Gasteiger partial charge on any atom is 0.246 e. The number of piperidine rings is 1. The van der Waals surface area contributed by atoms with Crippen molar-refractivity contribution in [3.63, 3.8) is 0 Å². The number of hydrogen-bond acceptors (Lipinski definition) is 3. The van der Waals surface area contributed by atoms with Crippen LogP contribution in [-0.2, 0) is 20.7 Å². The standard InChI is InChI=1S/C15H16Cl2N2O3/c16-10-2-1-9(5-11(10)17)6-15(21)19-4-3-13-12(7-19)18-14(20)8-22-13/h1-2,5,12-13H,3-4,6-8H2,(H,18,20). The summed E-state index contributed by atoms with van der Waals surface area (Å²) in [5.41, 5.74) is 0.824. The van der Waals surface area contributed by atoms with Crippen molar-refractivity contribution in [3.8, 4) is 0 Å². The third kappa shape index (κ3) is 3.37. The highest BCUT2D eigenvalue weighted by Gasteiger charge is 2.36. The molecular weight excluding hydrogens is 327 g/mol. The highest BCUT2D eigenvalue weighted by Crippen LogP contribution is 2.24. The molecule has 0 saturated carbocycles. The van der Waals surface area contributed by atoms with Gasteiger partial charge in [-0.1, -0.05) is 29.3 Å². The molecule has 2 aliphatic heterocycles. The number of amides is 2. The fourth-order valence-corrected chi connectivity index (χ4v) is 3.18. The lowest BCUT2D eigenvalue weighted by molar-refractivity contribution is -0.146. The van der Waals surface area contributed by atoms with Gasteiger partial charge in [-0.25, -0.2) is 0 Å². The normalized spacial score (nSPS) is 24.6. The van der Waals surface area contributed by atoms with Crippen LogP contribution in [0.5, 0.6) is 0 Å². The second-order valence-electron chi connectivity index (χ2n) is 5.58. The summed E-state index contributed by atoms with van der Waals surface area (Å²) in [6, 6.07) is 5.07. The molecule has 3 rings (SSSR count). The topological polar surface area (TPSA) is 58.6 Å². The number of ether oxygens (including phenoxy) is 1. The van der Waals surface area contributed by atoms with Crippen LogP contribution in [0.2, 0.25) is 10.0 Å². The Morgan fingerprint density at radius 3 is 2.95 bits per heavy atom. The van der Waals surface area contributed by atoms with Crippen LogP contribution < -0.4 is 5.32 Å². The molecule has 5 nitrogen and oxygen atoms in total. The molecule has 0 aromatic heterocycles. The first-order valence-electron chi connectivity index (χ1n) is 7.15. The Morgan fingerprint density at radius 2 is 2.18 bits per heavy atom. The summed E-state index contributed by atoms with van der Waals surface area (Å²) < 4.78 is 5.49. The molecule has 0 bridgehead atoms. The number of carbonyl (C=O) groups excluding carboxylic acids is 2. The summed E-state index contributed by atoms with van der Waals surface area (Å²) >= 11 is 11.8. The minimum atomic E-state index is -0.125. The van der Waals surface area contributed by atoms with Crippen molar-refractivity contribution >= 4 is 35.0 Å². The number of rotatable bonds is 2. The summed E-state index contributed by atoms with van der Waals surface area (Å²) in [6.07, 6.45) is 1.01. The number of benzene rings is 1. The summed E-state index contributed by atoms with van der Waals surface area (Å²) in [5.74, 6) is -0.114.